The first-order valence-corrected chi connectivity index (χ1v) is 9.38. The molecule has 2 aromatic rings. The van der Waals surface area contributed by atoms with Crippen LogP contribution in [0, 0.1) is 3.57 Å². The monoisotopic (exact) mass is 456 g/mol. The van der Waals surface area contributed by atoms with Gasteiger partial charge >= 0.3 is 5.97 Å². The molecule has 0 bridgehead atoms. The summed E-state index contributed by atoms with van der Waals surface area (Å²) in [5.74, 6) is -0.604. The molecule has 126 valence electrons. The Kier molecular flexibility index (Phi) is 5.21. The SMILES string of the molecule is COC(=O)c1c(NC(=O)c2ccccc2I)sc2c1CCN(C)C2. The first-order valence-electron chi connectivity index (χ1n) is 7.48. The number of anilines is 1. The van der Waals surface area contributed by atoms with E-state index in [9.17, 15) is 9.59 Å². The van der Waals surface area contributed by atoms with Crippen LogP contribution in [0.2, 0.25) is 0 Å². The molecule has 0 spiro atoms. The second kappa shape index (κ2) is 7.20. The van der Waals surface area contributed by atoms with Crippen LogP contribution in [0.4, 0.5) is 5.00 Å². The van der Waals surface area contributed by atoms with Gasteiger partial charge < -0.3 is 15.0 Å². The number of methoxy groups -OCH3 is 1. The van der Waals surface area contributed by atoms with Crippen molar-refractivity contribution in [2.45, 2.75) is 13.0 Å². The van der Waals surface area contributed by atoms with Crippen molar-refractivity contribution < 1.29 is 14.3 Å². The van der Waals surface area contributed by atoms with Gasteiger partial charge in [0, 0.05) is 21.5 Å². The van der Waals surface area contributed by atoms with Gasteiger partial charge in [-0.15, -0.1) is 11.3 Å². The van der Waals surface area contributed by atoms with E-state index in [2.05, 4.69) is 32.8 Å². The molecule has 0 fully saturated rings. The topological polar surface area (TPSA) is 58.6 Å². The Bertz CT molecular complexity index is 803. The first kappa shape index (κ1) is 17.4. The van der Waals surface area contributed by atoms with E-state index in [-0.39, 0.29) is 5.91 Å². The molecule has 2 heterocycles. The summed E-state index contributed by atoms with van der Waals surface area (Å²) in [4.78, 5) is 28.2. The zero-order chi connectivity index (χ0) is 17.3. The van der Waals surface area contributed by atoms with Gasteiger partial charge in [0.25, 0.3) is 5.91 Å². The third-order valence-electron chi connectivity index (χ3n) is 3.98. The van der Waals surface area contributed by atoms with Crippen LogP contribution in [0.25, 0.3) is 0 Å². The lowest BCUT2D eigenvalue weighted by Gasteiger charge is -2.22. The molecule has 0 aliphatic carbocycles. The van der Waals surface area contributed by atoms with Crippen LogP contribution in [0.15, 0.2) is 24.3 Å². The first-order chi connectivity index (χ1) is 11.5. The van der Waals surface area contributed by atoms with E-state index in [1.807, 2.05) is 25.2 Å². The molecule has 7 heteroatoms. The number of carbonyl (C=O) groups is 2. The molecule has 1 amide bonds. The summed E-state index contributed by atoms with van der Waals surface area (Å²) in [6.45, 7) is 1.67. The van der Waals surface area contributed by atoms with Crippen molar-refractivity contribution in [2.75, 3.05) is 26.0 Å². The highest BCUT2D eigenvalue weighted by molar-refractivity contribution is 14.1. The number of esters is 1. The summed E-state index contributed by atoms with van der Waals surface area (Å²) in [6, 6.07) is 7.37. The fourth-order valence-electron chi connectivity index (χ4n) is 2.75. The smallest absolute Gasteiger partial charge is 0.341 e. The Balaban J connectivity index is 1.97. The molecule has 3 rings (SSSR count). The molecule has 1 aliphatic rings. The summed E-state index contributed by atoms with van der Waals surface area (Å²) in [5, 5.41) is 3.49. The van der Waals surface area contributed by atoms with Crippen molar-refractivity contribution in [3.05, 3.63) is 49.4 Å². The van der Waals surface area contributed by atoms with Gasteiger partial charge in [0.15, 0.2) is 0 Å². The lowest BCUT2D eigenvalue weighted by molar-refractivity contribution is 0.0600. The number of benzene rings is 1. The molecule has 1 aromatic carbocycles. The fraction of sp³-hybridized carbons (Fsp3) is 0.294. The van der Waals surface area contributed by atoms with Crippen molar-refractivity contribution >= 4 is 50.8 Å². The number of fused-ring (bicyclic) bond motifs is 1. The number of likely N-dealkylation sites (N-methyl/N-ethyl adjacent to an activating group) is 1. The Morgan fingerprint density at radius 2 is 2.08 bits per heavy atom. The predicted octanol–water partition coefficient (Wildman–Crippen LogP) is 3.38. The highest BCUT2D eigenvalue weighted by atomic mass is 127. The van der Waals surface area contributed by atoms with Crippen LogP contribution < -0.4 is 5.32 Å². The lowest BCUT2D eigenvalue weighted by Crippen LogP contribution is -2.26. The van der Waals surface area contributed by atoms with Crippen molar-refractivity contribution in [1.82, 2.24) is 4.90 Å². The Morgan fingerprint density at radius 3 is 2.79 bits per heavy atom. The molecule has 24 heavy (non-hydrogen) atoms. The average molecular weight is 456 g/mol. The van der Waals surface area contributed by atoms with E-state index >= 15 is 0 Å². The number of hydrogen-bond donors (Lipinski definition) is 1. The van der Waals surface area contributed by atoms with Crippen LogP contribution in [0.1, 0.15) is 31.2 Å². The molecule has 0 atom stereocenters. The Morgan fingerprint density at radius 1 is 1.33 bits per heavy atom. The number of thiophene rings is 1. The van der Waals surface area contributed by atoms with E-state index in [0.29, 0.717) is 16.1 Å². The van der Waals surface area contributed by atoms with E-state index in [4.69, 9.17) is 4.74 Å². The molecule has 1 N–H and O–H groups in total. The summed E-state index contributed by atoms with van der Waals surface area (Å²) in [7, 11) is 3.41. The van der Waals surface area contributed by atoms with Gasteiger partial charge in [-0.1, -0.05) is 12.1 Å². The molecule has 0 saturated heterocycles. The van der Waals surface area contributed by atoms with E-state index < -0.39 is 5.97 Å². The molecular weight excluding hydrogens is 439 g/mol. The summed E-state index contributed by atoms with van der Waals surface area (Å²) in [5.41, 5.74) is 2.10. The summed E-state index contributed by atoms with van der Waals surface area (Å²) < 4.78 is 5.81. The van der Waals surface area contributed by atoms with Crippen molar-refractivity contribution in [3.8, 4) is 0 Å². The number of rotatable bonds is 3. The third kappa shape index (κ3) is 3.33. The molecular formula is C17H17IN2O3S. The lowest BCUT2D eigenvalue weighted by atomic mass is 10.0. The molecule has 0 unspecified atom stereocenters. The fourth-order valence-corrected chi connectivity index (χ4v) is 4.70. The summed E-state index contributed by atoms with van der Waals surface area (Å²) in [6.07, 6.45) is 0.783. The molecule has 0 radical (unpaired) electrons. The second-order valence-electron chi connectivity index (χ2n) is 5.62. The zero-order valence-corrected chi connectivity index (χ0v) is 16.4. The number of halogens is 1. The maximum absolute atomic E-state index is 12.6. The van der Waals surface area contributed by atoms with Gasteiger partial charge in [0.1, 0.15) is 5.00 Å². The van der Waals surface area contributed by atoms with Crippen LogP contribution in [-0.4, -0.2) is 37.5 Å². The van der Waals surface area contributed by atoms with E-state index in [0.717, 1.165) is 33.5 Å². The van der Waals surface area contributed by atoms with Crippen LogP contribution in [0.3, 0.4) is 0 Å². The van der Waals surface area contributed by atoms with Crippen LogP contribution in [-0.2, 0) is 17.7 Å². The standard InChI is InChI=1S/C17H17IN2O3S/c1-20-8-7-11-13(9-20)24-16(14(11)17(22)23-2)19-15(21)10-5-3-4-6-12(10)18/h3-6H,7-9H2,1-2H3,(H,19,21). The summed E-state index contributed by atoms with van der Waals surface area (Å²) >= 11 is 3.59. The number of amides is 1. The minimum absolute atomic E-state index is 0.211. The van der Waals surface area contributed by atoms with Gasteiger partial charge in [-0.05, 0) is 53.8 Å². The normalized spacial score (nSPS) is 14.1. The maximum atomic E-state index is 12.6. The van der Waals surface area contributed by atoms with E-state index in [1.54, 1.807) is 6.07 Å². The number of ether oxygens (including phenoxy) is 1. The highest BCUT2D eigenvalue weighted by Gasteiger charge is 2.28. The molecule has 0 saturated carbocycles. The van der Waals surface area contributed by atoms with Gasteiger partial charge in [-0.3, -0.25) is 4.79 Å². The number of nitrogens with one attached hydrogen (secondary N) is 1. The van der Waals surface area contributed by atoms with Gasteiger partial charge in [-0.25, -0.2) is 4.79 Å². The minimum Gasteiger partial charge on any atom is -0.465 e. The van der Waals surface area contributed by atoms with Crippen molar-refractivity contribution in [3.63, 3.8) is 0 Å². The van der Waals surface area contributed by atoms with Gasteiger partial charge in [0.2, 0.25) is 0 Å². The Labute approximate surface area is 158 Å². The average Bonchev–Trinajstić information content (AvgIpc) is 2.91. The minimum atomic E-state index is -0.393. The molecule has 1 aromatic heterocycles. The quantitative estimate of drug-likeness (QED) is 0.569. The number of nitrogens with zero attached hydrogens (tertiary/aromatic N) is 1. The predicted molar refractivity (Wildman–Crippen MR) is 103 cm³/mol. The third-order valence-corrected chi connectivity index (χ3v) is 6.06. The molecule has 5 nitrogen and oxygen atoms in total. The maximum Gasteiger partial charge on any atom is 0.341 e. The van der Waals surface area contributed by atoms with Crippen LogP contribution in [0.5, 0.6) is 0 Å². The van der Waals surface area contributed by atoms with Crippen LogP contribution >= 0.6 is 33.9 Å². The molecule has 1 aliphatic heterocycles. The van der Waals surface area contributed by atoms with Gasteiger partial charge in [0.05, 0.1) is 18.2 Å². The van der Waals surface area contributed by atoms with E-state index in [1.165, 1.54) is 18.4 Å². The number of hydrogen-bond acceptors (Lipinski definition) is 5. The largest absolute Gasteiger partial charge is 0.465 e. The second-order valence-corrected chi connectivity index (χ2v) is 7.89. The number of carbonyl (C=O) groups excluding carboxylic acids is 2. The highest BCUT2D eigenvalue weighted by Crippen LogP contribution is 2.37. The zero-order valence-electron chi connectivity index (χ0n) is 13.4. The van der Waals surface area contributed by atoms with Gasteiger partial charge in [-0.2, -0.15) is 0 Å². The Hall–Kier alpha value is -1.45. The van der Waals surface area contributed by atoms with Crippen molar-refractivity contribution in [2.24, 2.45) is 0 Å². The van der Waals surface area contributed by atoms with Crippen molar-refractivity contribution in [1.29, 1.82) is 0 Å².